The van der Waals surface area contributed by atoms with Crippen LogP contribution in [0.5, 0.6) is 17.2 Å². The van der Waals surface area contributed by atoms with Crippen LogP contribution in [0.15, 0.2) is 54.6 Å². The van der Waals surface area contributed by atoms with Crippen molar-refractivity contribution in [1.82, 2.24) is 4.90 Å². The maximum atomic E-state index is 10.1. The molecular formula is C19H25NO4. The van der Waals surface area contributed by atoms with Crippen molar-refractivity contribution in [2.24, 2.45) is 0 Å². The molecule has 0 aromatic heterocycles. The van der Waals surface area contributed by atoms with Crippen molar-refractivity contribution >= 4 is 6.09 Å². The number of amides is 1. The SMILES string of the molecule is CCN(CC)C(=O)O.CCOc1ccc(Oc2ccccc2)cc1. The van der Waals surface area contributed by atoms with Crippen LogP contribution in [0.1, 0.15) is 20.8 Å². The Balaban J connectivity index is 0.000000307. The second-order valence-electron chi connectivity index (χ2n) is 4.77. The lowest BCUT2D eigenvalue weighted by Crippen LogP contribution is -2.28. The van der Waals surface area contributed by atoms with Crippen molar-refractivity contribution < 1.29 is 19.4 Å². The first-order valence-electron chi connectivity index (χ1n) is 8.04. The van der Waals surface area contributed by atoms with Crippen molar-refractivity contribution in [1.29, 1.82) is 0 Å². The fraction of sp³-hybridized carbons (Fsp3) is 0.316. The number of carboxylic acid groups (broad SMARTS) is 1. The minimum Gasteiger partial charge on any atom is -0.494 e. The molecule has 0 aliphatic carbocycles. The van der Waals surface area contributed by atoms with Gasteiger partial charge in [0.25, 0.3) is 0 Å². The topological polar surface area (TPSA) is 59.0 Å². The Morgan fingerprint density at radius 3 is 1.79 bits per heavy atom. The van der Waals surface area contributed by atoms with Crippen LogP contribution in [-0.4, -0.2) is 35.8 Å². The first-order chi connectivity index (χ1) is 11.6. The molecule has 0 bridgehead atoms. The first-order valence-corrected chi connectivity index (χ1v) is 8.04. The Morgan fingerprint density at radius 2 is 1.38 bits per heavy atom. The molecule has 1 N–H and O–H groups in total. The van der Waals surface area contributed by atoms with Gasteiger partial charge in [-0.05, 0) is 57.2 Å². The number of hydrogen-bond acceptors (Lipinski definition) is 3. The monoisotopic (exact) mass is 331 g/mol. The summed E-state index contributed by atoms with van der Waals surface area (Å²) >= 11 is 0. The van der Waals surface area contributed by atoms with Crippen LogP contribution in [0, 0.1) is 0 Å². The second kappa shape index (κ2) is 10.9. The molecule has 0 saturated carbocycles. The van der Waals surface area contributed by atoms with E-state index in [1.54, 1.807) is 0 Å². The summed E-state index contributed by atoms with van der Waals surface area (Å²) in [7, 11) is 0. The molecule has 0 heterocycles. The van der Waals surface area contributed by atoms with E-state index in [0.29, 0.717) is 19.7 Å². The van der Waals surface area contributed by atoms with Crippen LogP contribution in [0.2, 0.25) is 0 Å². The van der Waals surface area contributed by atoms with Crippen molar-refractivity contribution in [2.45, 2.75) is 20.8 Å². The van der Waals surface area contributed by atoms with Gasteiger partial charge in [-0.2, -0.15) is 0 Å². The summed E-state index contributed by atoms with van der Waals surface area (Å²) in [5.41, 5.74) is 0. The van der Waals surface area contributed by atoms with Crippen LogP contribution in [-0.2, 0) is 0 Å². The Hall–Kier alpha value is -2.69. The molecule has 1 amide bonds. The van der Waals surface area contributed by atoms with Crippen LogP contribution >= 0.6 is 0 Å². The van der Waals surface area contributed by atoms with Crippen LogP contribution in [0.3, 0.4) is 0 Å². The minimum atomic E-state index is -0.838. The zero-order chi connectivity index (χ0) is 17.8. The van der Waals surface area contributed by atoms with Gasteiger partial charge in [0.1, 0.15) is 17.2 Å². The summed E-state index contributed by atoms with van der Waals surface area (Å²) in [5.74, 6) is 2.52. The maximum absolute atomic E-state index is 10.1. The normalized spacial score (nSPS) is 9.46. The number of para-hydroxylation sites is 1. The molecule has 0 atom stereocenters. The molecule has 0 aliphatic rings. The average Bonchev–Trinajstić information content (AvgIpc) is 2.59. The number of carbonyl (C=O) groups is 1. The van der Waals surface area contributed by atoms with Gasteiger partial charge in [0.2, 0.25) is 0 Å². The van der Waals surface area contributed by atoms with E-state index >= 15 is 0 Å². The lowest BCUT2D eigenvalue weighted by molar-refractivity contribution is 0.150. The number of benzene rings is 2. The van der Waals surface area contributed by atoms with E-state index in [2.05, 4.69) is 0 Å². The Labute approximate surface area is 143 Å². The summed E-state index contributed by atoms with van der Waals surface area (Å²) in [6.07, 6.45) is -0.838. The molecule has 24 heavy (non-hydrogen) atoms. The number of rotatable bonds is 6. The van der Waals surface area contributed by atoms with E-state index in [-0.39, 0.29) is 0 Å². The van der Waals surface area contributed by atoms with E-state index < -0.39 is 6.09 Å². The second-order valence-corrected chi connectivity index (χ2v) is 4.77. The predicted molar refractivity (Wildman–Crippen MR) is 95.1 cm³/mol. The number of hydrogen-bond donors (Lipinski definition) is 1. The summed E-state index contributed by atoms with van der Waals surface area (Å²) in [6, 6.07) is 17.3. The third-order valence-electron chi connectivity index (χ3n) is 3.15. The Bertz CT molecular complexity index is 580. The highest BCUT2D eigenvalue weighted by atomic mass is 16.5. The van der Waals surface area contributed by atoms with Crippen LogP contribution in [0.25, 0.3) is 0 Å². The lowest BCUT2D eigenvalue weighted by Gasteiger charge is -2.12. The quantitative estimate of drug-likeness (QED) is 0.819. The predicted octanol–water partition coefficient (Wildman–Crippen LogP) is 4.88. The van der Waals surface area contributed by atoms with Gasteiger partial charge in [-0.15, -0.1) is 0 Å². The molecule has 2 aromatic rings. The van der Waals surface area contributed by atoms with E-state index in [4.69, 9.17) is 14.6 Å². The highest BCUT2D eigenvalue weighted by Crippen LogP contribution is 2.23. The smallest absolute Gasteiger partial charge is 0.407 e. The van der Waals surface area contributed by atoms with Gasteiger partial charge >= 0.3 is 6.09 Å². The van der Waals surface area contributed by atoms with E-state index in [0.717, 1.165) is 17.2 Å². The van der Waals surface area contributed by atoms with Gasteiger partial charge in [0.15, 0.2) is 0 Å². The van der Waals surface area contributed by atoms with Gasteiger partial charge in [-0.25, -0.2) is 4.79 Å². The highest BCUT2D eigenvalue weighted by Gasteiger charge is 2.03. The molecule has 2 aromatic carbocycles. The van der Waals surface area contributed by atoms with Gasteiger partial charge in [0, 0.05) is 13.1 Å². The molecular weight excluding hydrogens is 306 g/mol. The van der Waals surface area contributed by atoms with Gasteiger partial charge in [0.05, 0.1) is 6.61 Å². The zero-order valence-corrected chi connectivity index (χ0v) is 14.4. The molecule has 0 aliphatic heterocycles. The Morgan fingerprint density at radius 1 is 0.875 bits per heavy atom. The molecule has 5 heteroatoms. The van der Waals surface area contributed by atoms with E-state index in [9.17, 15) is 4.79 Å². The standard InChI is InChI=1S/C14H14O2.C5H11NO2/c1-2-15-12-8-10-14(11-9-12)16-13-6-4-3-5-7-13;1-3-6(4-2)5(7)8/h3-11H,2H2,1H3;3-4H2,1-2H3,(H,7,8). The van der Waals surface area contributed by atoms with Crippen molar-refractivity contribution in [3.05, 3.63) is 54.6 Å². The number of nitrogens with zero attached hydrogens (tertiary/aromatic N) is 1. The molecule has 0 fully saturated rings. The first kappa shape index (κ1) is 19.4. The van der Waals surface area contributed by atoms with Crippen LogP contribution < -0.4 is 9.47 Å². The maximum Gasteiger partial charge on any atom is 0.407 e. The van der Waals surface area contributed by atoms with Crippen molar-refractivity contribution in [2.75, 3.05) is 19.7 Å². The van der Waals surface area contributed by atoms with Crippen molar-refractivity contribution in [3.63, 3.8) is 0 Å². The van der Waals surface area contributed by atoms with Gasteiger partial charge in [-0.1, -0.05) is 18.2 Å². The molecule has 0 spiro atoms. The molecule has 0 saturated heterocycles. The number of ether oxygens (including phenoxy) is 2. The van der Waals surface area contributed by atoms with Crippen LogP contribution in [0.4, 0.5) is 4.79 Å². The summed E-state index contributed by atoms with van der Waals surface area (Å²) in [6.45, 7) is 7.43. The molecule has 5 nitrogen and oxygen atoms in total. The molecule has 2 rings (SSSR count). The van der Waals surface area contributed by atoms with Crippen molar-refractivity contribution in [3.8, 4) is 17.2 Å². The zero-order valence-electron chi connectivity index (χ0n) is 14.4. The Kier molecular flexibility index (Phi) is 8.82. The van der Waals surface area contributed by atoms with Gasteiger partial charge < -0.3 is 19.5 Å². The lowest BCUT2D eigenvalue weighted by atomic mass is 10.3. The van der Waals surface area contributed by atoms with E-state index in [1.165, 1.54) is 4.90 Å². The third kappa shape index (κ3) is 7.05. The fourth-order valence-electron chi connectivity index (χ4n) is 1.89. The summed E-state index contributed by atoms with van der Waals surface area (Å²) < 4.78 is 11.0. The molecule has 130 valence electrons. The fourth-order valence-corrected chi connectivity index (χ4v) is 1.89. The third-order valence-corrected chi connectivity index (χ3v) is 3.15. The summed E-state index contributed by atoms with van der Waals surface area (Å²) in [5, 5.41) is 8.30. The van der Waals surface area contributed by atoms with Gasteiger partial charge in [-0.3, -0.25) is 0 Å². The minimum absolute atomic E-state index is 0.575. The largest absolute Gasteiger partial charge is 0.494 e. The van der Waals surface area contributed by atoms with E-state index in [1.807, 2.05) is 75.4 Å². The molecule has 0 unspecified atom stereocenters. The molecule has 0 radical (unpaired) electrons. The summed E-state index contributed by atoms with van der Waals surface area (Å²) in [4.78, 5) is 11.4. The highest BCUT2D eigenvalue weighted by molar-refractivity contribution is 5.64. The average molecular weight is 331 g/mol.